The minimum absolute atomic E-state index is 0. The number of alkyl halides is 6. The number of aromatic nitrogens is 1. The quantitative estimate of drug-likeness (QED) is 0.0548. The monoisotopic (exact) mass is 1140 g/mol. The Morgan fingerprint density at radius 1 is 0.653 bits per heavy atom. The summed E-state index contributed by atoms with van der Waals surface area (Å²) >= 11 is 0. The van der Waals surface area contributed by atoms with Gasteiger partial charge in [0.15, 0.2) is 11.6 Å². The lowest BCUT2D eigenvalue weighted by atomic mass is 9.80. The van der Waals surface area contributed by atoms with Crippen LogP contribution in [0.1, 0.15) is 120 Å². The van der Waals surface area contributed by atoms with E-state index >= 15 is 0 Å². The van der Waals surface area contributed by atoms with Crippen LogP contribution in [0.2, 0.25) is 0 Å². The largest absolute Gasteiger partial charge is 0.481 e. The molecule has 4 atom stereocenters. The summed E-state index contributed by atoms with van der Waals surface area (Å²) in [6.07, 6.45) is -6.54. The maximum Gasteiger partial charge on any atom is 0.395 e. The number of benzene rings is 3. The van der Waals surface area contributed by atoms with Gasteiger partial charge in [0.1, 0.15) is 11.6 Å². The molecule has 0 radical (unpaired) electrons. The summed E-state index contributed by atoms with van der Waals surface area (Å²) in [5, 5.41) is 11.6. The Kier molecular flexibility index (Phi) is 29.5. The predicted octanol–water partition coefficient (Wildman–Crippen LogP) is 10.8. The summed E-state index contributed by atoms with van der Waals surface area (Å²) in [4.78, 5) is 54.9. The molecule has 0 unspecified atom stereocenters. The van der Waals surface area contributed by atoms with Crippen LogP contribution in [0.5, 0.6) is 0 Å². The molecule has 0 spiro atoms. The molecule has 4 aromatic rings. The lowest BCUT2D eigenvalue weighted by Crippen LogP contribution is -2.43. The summed E-state index contributed by atoms with van der Waals surface area (Å²) < 4.78 is 109. The first-order valence-corrected chi connectivity index (χ1v) is 23.6. The van der Waals surface area contributed by atoms with Crippen molar-refractivity contribution in [3.63, 3.8) is 0 Å². The van der Waals surface area contributed by atoms with Crippen LogP contribution in [0, 0.1) is 22.5 Å². The molecular weight excluding hydrogens is 1070 g/mol. The minimum Gasteiger partial charge on any atom is -0.481 e. The van der Waals surface area contributed by atoms with Crippen LogP contribution in [0.25, 0.3) is 0 Å². The first-order chi connectivity index (χ1) is 33.3. The molecule has 1 heterocycles. The van der Waals surface area contributed by atoms with E-state index in [1.165, 1.54) is 30.5 Å². The van der Waals surface area contributed by atoms with Crippen molar-refractivity contribution < 1.29 is 59.4 Å². The number of ketones is 2. The van der Waals surface area contributed by atoms with E-state index in [4.69, 9.17) is 10.8 Å². The molecule has 1 amide bonds. The highest BCUT2D eigenvalue weighted by Crippen LogP contribution is 2.67. The van der Waals surface area contributed by atoms with Crippen molar-refractivity contribution in [1.29, 1.82) is 0 Å². The number of amides is 1. The van der Waals surface area contributed by atoms with E-state index in [2.05, 4.69) is 10.3 Å². The third-order valence-electron chi connectivity index (χ3n) is 13.6. The number of carboxylic acids is 1. The zero-order valence-corrected chi connectivity index (χ0v) is 47.0. The van der Waals surface area contributed by atoms with E-state index < -0.39 is 65.0 Å². The summed E-state index contributed by atoms with van der Waals surface area (Å²) in [6.45, 7) is 4.09. The van der Waals surface area contributed by atoms with Crippen LogP contribution in [0.15, 0.2) is 91.1 Å². The fourth-order valence-corrected chi connectivity index (χ4v) is 8.74. The van der Waals surface area contributed by atoms with Gasteiger partial charge in [-0.1, -0.05) is 62.4 Å². The number of hydrogen-bond acceptors (Lipinski definition) is 8. The van der Waals surface area contributed by atoms with E-state index in [1.807, 2.05) is 38.0 Å². The van der Waals surface area contributed by atoms with E-state index in [0.717, 1.165) is 5.56 Å². The van der Waals surface area contributed by atoms with Gasteiger partial charge < -0.3 is 26.0 Å². The summed E-state index contributed by atoms with van der Waals surface area (Å²) in [7, 11) is 7.51. The van der Waals surface area contributed by atoms with Gasteiger partial charge in [-0.15, -0.1) is 0 Å². The Morgan fingerprint density at radius 3 is 1.45 bits per heavy atom. The Bertz CT molecular complexity index is 2410. The molecule has 420 valence electrons. The lowest BCUT2D eigenvalue weighted by Gasteiger charge is -2.29. The van der Waals surface area contributed by atoms with Gasteiger partial charge in [-0.3, -0.25) is 24.2 Å². The number of nitrogens with two attached hydrogens (primary N) is 1. The zero-order chi connectivity index (χ0) is 52.9. The first-order valence-electron chi connectivity index (χ1n) is 23.6. The number of nitrogens with zero attached hydrogens (tertiary/aromatic N) is 3. The van der Waals surface area contributed by atoms with E-state index in [-0.39, 0.29) is 140 Å². The number of carboxylic acid groups (broad SMARTS) is 1. The van der Waals surface area contributed by atoms with Crippen molar-refractivity contribution in [2.45, 2.75) is 114 Å². The molecule has 2 aliphatic carbocycles. The van der Waals surface area contributed by atoms with Crippen molar-refractivity contribution in [1.82, 2.24) is 20.1 Å². The van der Waals surface area contributed by atoms with Crippen molar-refractivity contribution in [2.24, 2.45) is 16.6 Å². The molecule has 22 heteroatoms. The molecule has 2 fully saturated rings. The van der Waals surface area contributed by atoms with Crippen molar-refractivity contribution >= 4 is 77.4 Å². The Balaban J connectivity index is 0.00000116. The topological polar surface area (TPSA) is 146 Å². The van der Waals surface area contributed by atoms with Gasteiger partial charge in [0, 0.05) is 68.2 Å². The van der Waals surface area contributed by atoms with Crippen LogP contribution in [-0.2, 0) is 22.4 Å². The standard InChI is InChI=1S/C26H31F4N3O2.C14H21FN2O.C13H13F3O2.4H2S/c1-4-23(34)19-9-8-17(14-21(19)27)13-18(33(2)3)16-32-24(35)15-20(22-7-5-6-12-31-22)25(10-11-25)26(28,29)30;1-4-14(18)12-6-5-10(8-13(12)15)7-11(9-16)17(2)3;14-13(15,16)12(6-7-12)10(8-11(17)18)9-4-2-1-3-5-9;;;;/h5-9,12,14,18,20H,4,10-11,13,15-16H2,1-3H3,(H,32,35);5-6,8,11H,4,7,9,16H2,1-3H3;1-5,10H,6-8H2,(H,17,18);4*1H2/t18-,20-;11-;10-;;;;/m000..../s1. The van der Waals surface area contributed by atoms with Gasteiger partial charge in [0.05, 0.1) is 28.4 Å². The van der Waals surface area contributed by atoms with E-state index in [0.29, 0.717) is 36.9 Å². The van der Waals surface area contributed by atoms with Crippen molar-refractivity contribution in [3.8, 4) is 0 Å². The fourth-order valence-electron chi connectivity index (χ4n) is 8.74. The zero-order valence-electron chi connectivity index (χ0n) is 43.0. The molecule has 2 saturated carbocycles. The molecule has 75 heavy (non-hydrogen) atoms. The molecular formula is C53H73F8N5O5S4. The van der Waals surface area contributed by atoms with E-state index in [1.54, 1.807) is 74.5 Å². The molecule has 0 saturated heterocycles. The second kappa shape index (κ2) is 31.3. The second-order valence-electron chi connectivity index (χ2n) is 18.7. The van der Waals surface area contributed by atoms with Gasteiger partial charge in [0.25, 0.3) is 0 Å². The van der Waals surface area contributed by atoms with Crippen molar-refractivity contribution in [2.75, 3.05) is 41.3 Å². The highest BCUT2D eigenvalue weighted by Gasteiger charge is 2.68. The minimum atomic E-state index is -4.42. The second-order valence-corrected chi connectivity index (χ2v) is 18.7. The van der Waals surface area contributed by atoms with Crippen LogP contribution in [-0.4, -0.2) is 109 Å². The number of likely N-dealkylation sites (N-methyl/N-ethyl adjacent to an activating group) is 2. The van der Waals surface area contributed by atoms with Crippen LogP contribution >= 0.6 is 54.0 Å². The molecule has 0 bridgehead atoms. The maximum atomic E-state index is 14.4. The number of pyridine rings is 1. The number of carbonyl (C=O) groups excluding carboxylic acids is 3. The molecule has 2 aliphatic rings. The van der Waals surface area contributed by atoms with Crippen LogP contribution < -0.4 is 11.1 Å². The third-order valence-corrected chi connectivity index (χ3v) is 13.6. The average molecular weight is 1140 g/mol. The summed E-state index contributed by atoms with van der Waals surface area (Å²) in [5.41, 5.74) is 4.37. The number of aliphatic carboxylic acids is 1. The molecule has 1 aromatic heterocycles. The SMILES string of the molecule is CCC(=O)c1ccc(C[C@@H](CN)N(C)C)cc1F.CCC(=O)c1ccc(C[C@@H](CNC(=O)C[C@@H](c2ccccn2)C2(C(F)(F)F)CC2)N(C)C)cc1F.O=C(O)C[C@@H](c1ccccc1)C1(C(F)(F)F)CC1.S.S.S.S. The van der Waals surface area contributed by atoms with Crippen LogP contribution in [0.3, 0.4) is 0 Å². The molecule has 0 aliphatic heterocycles. The number of hydrogen-bond donors (Lipinski definition) is 3. The Labute approximate surface area is 463 Å². The van der Waals surface area contributed by atoms with Gasteiger partial charge in [0.2, 0.25) is 5.91 Å². The van der Waals surface area contributed by atoms with Gasteiger partial charge >= 0.3 is 18.3 Å². The van der Waals surface area contributed by atoms with Gasteiger partial charge in [-0.2, -0.15) is 80.3 Å². The maximum absolute atomic E-state index is 14.4. The molecule has 10 nitrogen and oxygen atoms in total. The number of Topliss-reactive ketones (excluding diaryl/α,β-unsaturated/α-hetero) is 2. The number of halogens is 8. The fraction of sp³-hybridized carbons (Fsp3) is 0.491. The number of rotatable bonds is 21. The average Bonchev–Trinajstić information content (AvgIpc) is 4.27. The molecule has 6 rings (SSSR count). The number of nitrogens with one attached hydrogen (secondary N) is 1. The van der Waals surface area contributed by atoms with E-state index in [9.17, 15) is 54.3 Å². The van der Waals surface area contributed by atoms with Crippen LogP contribution in [0.4, 0.5) is 35.1 Å². The summed E-state index contributed by atoms with van der Waals surface area (Å²) in [5.74, 6) is -5.19. The smallest absolute Gasteiger partial charge is 0.395 e. The normalized spacial score (nSPS) is 15.4. The first kappa shape index (κ1) is 70.8. The van der Waals surface area contributed by atoms with Gasteiger partial charge in [-0.05, 0) is 120 Å². The molecule has 4 N–H and O–H groups in total. The Hall–Kier alpha value is -4.19. The highest BCUT2D eigenvalue weighted by molar-refractivity contribution is 7.59. The molecule has 3 aromatic carbocycles. The Morgan fingerprint density at radius 2 is 1.09 bits per heavy atom. The lowest BCUT2D eigenvalue weighted by molar-refractivity contribution is -0.196. The van der Waals surface area contributed by atoms with Crippen molar-refractivity contribution in [3.05, 3.63) is 136 Å². The third kappa shape index (κ3) is 19.3. The highest BCUT2D eigenvalue weighted by atomic mass is 32.1. The van der Waals surface area contributed by atoms with Gasteiger partial charge in [-0.25, -0.2) is 8.78 Å². The summed E-state index contributed by atoms with van der Waals surface area (Å²) in [6, 6.07) is 22.1. The number of carbonyl (C=O) groups is 4. The predicted molar refractivity (Wildman–Crippen MR) is 296 cm³/mol.